The van der Waals surface area contributed by atoms with Crippen LogP contribution in [-0.4, -0.2) is 29.6 Å². The molecule has 3 heteroatoms. The molecule has 1 heterocycles. The van der Waals surface area contributed by atoms with Crippen LogP contribution in [0.5, 0.6) is 0 Å². The molecule has 17 heavy (non-hydrogen) atoms. The Morgan fingerprint density at radius 1 is 1.12 bits per heavy atom. The van der Waals surface area contributed by atoms with Gasteiger partial charge in [-0.2, -0.15) is 0 Å². The van der Waals surface area contributed by atoms with Crippen molar-refractivity contribution in [1.82, 2.24) is 4.90 Å². The van der Waals surface area contributed by atoms with E-state index in [0.29, 0.717) is 0 Å². The van der Waals surface area contributed by atoms with Crippen molar-refractivity contribution in [2.24, 2.45) is 0 Å². The molecule has 0 aromatic heterocycles. The van der Waals surface area contributed by atoms with Crippen LogP contribution in [0.25, 0.3) is 0 Å². The van der Waals surface area contributed by atoms with E-state index in [1.807, 2.05) is 24.3 Å². The van der Waals surface area contributed by atoms with Crippen molar-refractivity contribution < 1.29 is 5.11 Å². The van der Waals surface area contributed by atoms with Crippen LogP contribution in [-0.2, 0) is 0 Å². The maximum Gasteiger partial charge on any atom is 0.0802 e. The van der Waals surface area contributed by atoms with Gasteiger partial charge >= 0.3 is 0 Å². The van der Waals surface area contributed by atoms with Gasteiger partial charge in [-0.1, -0.05) is 34.5 Å². The van der Waals surface area contributed by atoms with Crippen LogP contribution >= 0.6 is 15.9 Å². The predicted molar refractivity (Wildman–Crippen MR) is 74.0 cm³/mol. The molecule has 0 bridgehead atoms. The van der Waals surface area contributed by atoms with E-state index in [1.54, 1.807) is 0 Å². The number of rotatable bonds is 4. The molecule has 1 unspecified atom stereocenters. The van der Waals surface area contributed by atoms with Gasteiger partial charge in [-0.15, -0.1) is 0 Å². The summed E-state index contributed by atoms with van der Waals surface area (Å²) in [6.45, 7) is 3.41. The van der Waals surface area contributed by atoms with Gasteiger partial charge in [0.2, 0.25) is 0 Å². The summed E-state index contributed by atoms with van der Waals surface area (Å²) in [5.74, 6) is 0. The lowest BCUT2D eigenvalue weighted by Gasteiger charge is -2.27. The number of hydrogen-bond acceptors (Lipinski definition) is 2. The molecular formula is C14H20BrNO. The van der Waals surface area contributed by atoms with Gasteiger partial charge in [0.25, 0.3) is 0 Å². The van der Waals surface area contributed by atoms with E-state index in [-0.39, 0.29) is 6.10 Å². The van der Waals surface area contributed by atoms with Crippen molar-refractivity contribution in [3.05, 3.63) is 34.3 Å². The van der Waals surface area contributed by atoms with E-state index in [2.05, 4.69) is 20.8 Å². The van der Waals surface area contributed by atoms with E-state index < -0.39 is 0 Å². The van der Waals surface area contributed by atoms with Crippen molar-refractivity contribution in [3.8, 4) is 0 Å². The summed E-state index contributed by atoms with van der Waals surface area (Å²) >= 11 is 3.41. The topological polar surface area (TPSA) is 23.5 Å². The van der Waals surface area contributed by atoms with Gasteiger partial charge in [0.15, 0.2) is 0 Å². The van der Waals surface area contributed by atoms with E-state index in [4.69, 9.17) is 0 Å². The summed E-state index contributed by atoms with van der Waals surface area (Å²) in [6.07, 6.45) is 4.50. The van der Waals surface area contributed by atoms with Gasteiger partial charge in [-0.25, -0.2) is 0 Å². The number of benzene rings is 1. The first-order valence-corrected chi connectivity index (χ1v) is 7.21. The summed E-state index contributed by atoms with van der Waals surface area (Å²) < 4.78 is 1.06. The van der Waals surface area contributed by atoms with Crippen LogP contribution in [0, 0.1) is 0 Å². The highest BCUT2D eigenvalue weighted by Crippen LogP contribution is 2.20. The van der Waals surface area contributed by atoms with E-state index in [1.165, 1.54) is 32.4 Å². The molecule has 1 atom stereocenters. The van der Waals surface area contributed by atoms with Crippen molar-refractivity contribution in [3.63, 3.8) is 0 Å². The highest BCUT2D eigenvalue weighted by molar-refractivity contribution is 9.10. The molecule has 1 aliphatic heterocycles. The fourth-order valence-electron chi connectivity index (χ4n) is 2.34. The Hall–Kier alpha value is -0.380. The van der Waals surface area contributed by atoms with Crippen LogP contribution in [0.4, 0.5) is 0 Å². The number of hydrogen-bond donors (Lipinski definition) is 1. The maximum absolute atomic E-state index is 10.1. The number of aliphatic hydroxyl groups excluding tert-OH is 1. The lowest BCUT2D eigenvalue weighted by molar-refractivity contribution is 0.134. The molecule has 1 saturated heterocycles. The van der Waals surface area contributed by atoms with Gasteiger partial charge < -0.3 is 10.0 Å². The Balaban J connectivity index is 1.80. The number of halogens is 1. The third-order valence-electron chi connectivity index (χ3n) is 3.42. The number of piperidine rings is 1. The second-order valence-corrected chi connectivity index (χ2v) is 5.67. The van der Waals surface area contributed by atoms with Crippen LogP contribution in [0.1, 0.15) is 37.4 Å². The minimum atomic E-state index is -0.329. The Morgan fingerprint density at radius 3 is 2.41 bits per heavy atom. The lowest BCUT2D eigenvalue weighted by Crippen LogP contribution is -2.31. The molecular weight excluding hydrogens is 278 g/mol. The molecule has 1 aliphatic rings. The second kappa shape index (κ2) is 6.53. The standard InChI is InChI=1S/C14H20BrNO/c15-13-6-4-12(5-7-13)14(17)8-11-16-9-2-1-3-10-16/h4-7,14,17H,1-3,8-11H2. The first-order chi connectivity index (χ1) is 8.25. The van der Waals surface area contributed by atoms with Crippen molar-refractivity contribution in [2.75, 3.05) is 19.6 Å². The van der Waals surface area contributed by atoms with E-state index in [9.17, 15) is 5.11 Å². The van der Waals surface area contributed by atoms with Crippen LogP contribution in [0.15, 0.2) is 28.7 Å². The quantitative estimate of drug-likeness (QED) is 0.921. The summed E-state index contributed by atoms with van der Waals surface area (Å²) in [6, 6.07) is 7.95. The molecule has 1 aromatic carbocycles. The molecule has 0 spiro atoms. The zero-order chi connectivity index (χ0) is 12.1. The molecule has 2 nitrogen and oxygen atoms in total. The third kappa shape index (κ3) is 4.09. The fourth-order valence-corrected chi connectivity index (χ4v) is 2.60. The normalized spacial score (nSPS) is 19.2. The highest BCUT2D eigenvalue weighted by Gasteiger charge is 2.13. The average Bonchev–Trinajstić information content (AvgIpc) is 2.38. The van der Waals surface area contributed by atoms with Gasteiger partial charge in [-0.05, 0) is 50.0 Å². The van der Waals surface area contributed by atoms with Crippen LogP contribution in [0.2, 0.25) is 0 Å². The number of aliphatic hydroxyl groups is 1. The summed E-state index contributed by atoms with van der Waals surface area (Å²) in [5.41, 5.74) is 1.02. The molecule has 0 amide bonds. The first-order valence-electron chi connectivity index (χ1n) is 6.41. The SMILES string of the molecule is OC(CCN1CCCCC1)c1ccc(Br)cc1. The average molecular weight is 298 g/mol. The predicted octanol–water partition coefficient (Wildman–Crippen LogP) is 3.36. The molecule has 0 radical (unpaired) electrons. The molecule has 0 aliphatic carbocycles. The molecule has 94 valence electrons. The van der Waals surface area contributed by atoms with Crippen LogP contribution in [0.3, 0.4) is 0 Å². The molecule has 1 N–H and O–H groups in total. The monoisotopic (exact) mass is 297 g/mol. The number of likely N-dealkylation sites (tertiary alicyclic amines) is 1. The van der Waals surface area contributed by atoms with Crippen molar-refractivity contribution in [1.29, 1.82) is 0 Å². The highest BCUT2D eigenvalue weighted by atomic mass is 79.9. The largest absolute Gasteiger partial charge is 0.388 e. The summed E-state index contributed by atoms with van der Waals surface area (Å²) in [4.78, 5) is 2.46. The first kappa shape index (κ1) is 13.1. The van der Waals surface area contributed by atoms with Crippen molar-refractivity contribution >= 4 is 15.9 Å². The van der Waals surface area contributed by atoms with E-state index in [0.717, 1.165) is 23.0 Å². The Bertz CT molecular complexity index is 333. The number of nitrogens with zero attached hydrogens (tertiary/aromatic N) is 1. The van der Waals surface area contributed by atoms with E-state index >= 15 is 0 Å². The van der Waals surface area contributed by atoms with Crippen molar-refractivity contribution in [2.45, 2.75) is 31.8 Å². The smallest absolute Gasteiger partial charge is 0.0802 e. The Labute approximate surface area is 112 Å². The van der Waals surface area contributed by atoms with Gasteiger partial charge in [0.1, 0.15) is 0 Å². The minimum absolute atomic E-state index is 0.329. The van der Waals surface area contributed by atoms with Gasteiger partial charge in [0.05, 0.1) is 6.10 Å². The van der Waals surface area contributed by atoms with Gasteiger partial charge in [0, 0.05) is 11.0 Å². The van der Waals surface area contributed by atoms with Gasteiger partial charge in [-0.3, -0.25) is 0 Å². The second-order valence-electron chi connectivity index (χ2n) is 4.76. The summed E-state index contributed by atoms with van der Waals surface area (Å²) in [5, 5.41) is 10.1. The third-order valence-corrected chi connectivity index (χ3v) is 3.95. The molecule has 1 aromatic rings. The summed E-state index contributed by atoms with van der Waals surface area (Å²) in [7, 11) is 0. The molecule has 2 rings (SSSR count). The zero-order valence-corrected chi connectivity index (χ0v) is 11.7. The minimum Gasteiger partial charge on any atom is -0.388 e. The molecule has 0 saturated carbocycles. The fraction of sp³-hybridized carbons (Fsp3) is 0.571. The zero-order valence-electron chi connectivity index (χ0n) is 10.1. The molecule has 1 fully saturated rings. The lowest BCUT2D eigenvalue weighted by atomic mass is 10.1. The Kier molecular flexibility index (Phi) is 5.01. The van der Waals surface area contributed by atoms with Crippen LogP contribution < -0.4 is 0 Å². The maximum atomic E-state index is 10.1. The Morgan fingerprint density at radius 2 is 1.76 bits per heavy atom.